The Morgan fingerprint density at radius 1 is 0.952 bits per heavy atom. The first-order valence-electron chi connectivity index (χ1n) is 7.26. The van der Waals surface area contributed by atoms with Crippen molar-refractivity contribution in [1.29, 1.82) is 0 Å². The molecule has 2 aliphatic heterocycles. The highest BCUT2D eigenvalue weighted by Crippen LogP contribution is 2.30. The number of hydrogen-bond donors (Lipinski definition) is 1. The predicted octanol–water partition coefficient (Wildman–Crippen LogP) is 1.54. The van der Waals surface area contributed by atoms with Crippen molar-refractivity contribution < 1.29 is 9.59 Å². The number of amides is 2. The number of carbonyl (C=O) groups excluding carboxylic acids is 2. The van der Waals surface area contributed by atoms with Crippen LogP contribution in [0.5, 0.6) is 0 Å². The first kappa shape index (κ1) is 12.5. The molecule has 0 radical (unpaired) electrons. The highest BCUT2D eigenvalue weighted by atomic mass is 16.2. The number of rotatable bonds is 2. The lowest BCUT2D eigenvalue weighted by molar-refractivity contribution is -0.126. The minimum absolute atomic E-state index is 0.106. The van der Waals surface area contributed by atoms with Crippen LogP contribution in [0.1, 0.15) is 5.56 Å². The normalized spacial score (nSPS) is 25.3. The van der Waals surface area contributed by atoms with Gasteiger partial charge in [-0.3, -0.25) is 19.8 Å². The van der Waals surface area contributed by atoms with Gasteiger partial charge in [0.15, 0.2) is 0 Å². The molecule has 0 aromatic heterocycles. The molecule has 0 unspecified atom stereocenters. The number of likely N-dealkylation sites (tertiary alicyclic amines) is 1. The van der Waals surface area contributed by atoms with Gasteiger partial charge in [-0.15, -0.1) is 0 Å². The van der Waals surface area contributed by atoms with Crippen LogP contribution in [0.4, 0.5) is 0 Å². The van der Waals surface area contributed by atoms with E-state index in [1.54, 1.807) is 0 Å². The quantitative estimate of drug-likeness (QED) is 0.849. The van der Waals surface area contributed by atoms with Crippen molar-refractivity contribution >= 4 is 22.6 Å². The summed E-state index contributed by atoms with van der Waals surface area (Å²) in [7, 11) is 0. The minimum atomic E-state index is -0.160. The fourth-order valence-corrected chi connectivity index (χ4v) is 3.52. The molecule has 0 saturated carbocycles. The second-order valence-electron chi connectivity index (χ2n) is 5.90. The molecule has 2 amide bonds. The highest BCUT2D eigenvalue weighted by molar-refractivity contribution is 6.05. The van der Waals surface area contributed by atoms with Gasteiger partial charge in [-0.2, -0.15) is 0 Å². The summed E-state index contributed by atoms with van der Waals surface area (Å²) in [5.41, 5.74) is 1.25. The van der Waals surface area contributed by atoms with E-state index in [0.29, 0.717) is 13.1 Å². The van der Waals surface area contributed by atoms with Crippen molar-refractivity contribution in [3.05, 3.63) is 48.0 Å². The summed E-state index contributed by atoms with van der Waals surface area (Å²) < 4.78 is 0. The number of imide groups is 1. The van der Waals surface area contributed by atoms with E-state index in [9.17, 15) is 9.59 Å². The molecule has 0 spiro atoms. The molecule has 2 atom stereocenters. The van der Waals surface area contributed by atoms with E-state index in [4.69, 9.17) is 0 Å². The Morgan fingerprint density at radius 2 is 1.62 bits per heavy atom. The molecule has 4 rings (SSSR count). The summed E-state index contributed by atoms with van der Waals surface area (Å²) >= 11 is 0. The van der Waals surface area contributed by atoms with Gasteiger partial charge in [-0.1, -0.05) is 42.5 Å². The van der Waals surface area contributed by atoms with Crippen molar-refractivity contribution in [3.63, 3.8) is 0 Å². The molecule has 2 aliphatic rings. The van der Waals surface area contributed by atoms with Crippen LogP contribution in [0.3, 0.4) is 0 Å². The molecule has 21 heavy (non-hydrogen) atoms. The van der Waals surface area contributed by atoms with Gasteiger partial charge in [0.25, 0.3) is 0 Å². The zero-order valence-corrected chi connectivity index (χ0v) is 11.6. The highest BCUT2D eigenvalue weighted by Gasteiger charge is 2.47. The number of nitrogens with zero attached hydrogens (tertiary/aromatic N) is 1. The maximum absolute atomic E-state index is 11.7. The van der Waals surface area contributed by atoms with Crippen molar-refractivity contribution in [2.24, 2.45) is 11.8 Å². The van der Waals surface area contributed by atoms with Crippen molar-refractivity contribution in [3.8, 4) is 0 Å². The van der Waals surface area contributed by atoms with Gasteiger partial charge in [0.2, 0.25) is 11.8 Å². The van der Waals surface area contributed by atoms with E-state index < -0.39 is 0 Å². The third-order valence-corrected chi connectivity index (χ3v) is 4.59. The van der Waals surface area contributed by atoms with Crippen LogP contribution in [0.25, 0.3) is 10.8 Å². The molecule has 2 aromatic rings. The maximum Gasteiger partial charge on any atom is 0.231 e. The second-order valence-corrected chi connectivity index (χ2v) is 5.90. The first-order valence-corrected chi connectivity index (χ1v) is 7.26. The molecule has 2 fully saturated rings. The van der Waals surface area contributed by atoms with E-state index in [0.717, 1.165) is 6.54 Å². The lowest BCUT2D eigenvalue weighted by Gasteiger charge is -2.17. The lowest BCUT2D eigenvalue weighted by Crippen LogP contribution is -2.31. The Kier molecular flexibility index (Phi) is 2.79. The third kappa shape index (κ3) is 2.03. The Balaban J connectivity index is 1.59. The van der Waals surface area contributed by atoms with Crippen LogP contribution in [0, 0.1) is 11.8 Å². The van der Waals surface area contributed by atoms with Gasteiger partial charge in [0.1, 0.15) is 0 Å². The van der Waals surface area contributed by atoms with Crippen LogP contribution < -0.4 is 5.32 Å². The fourth-order valence-electron chi connectivity index (χ4n) is 3.52. The summed E-state index contributed by atoms with van der Waals surface area (Å²) in [5.74, 6) is -0.532. The first-order chi connectivity index (χ1) is 10.2. The van der Waals surface area contributed by atoms with Gasteiger partial charge in [-0.25, -0.2) is 0 Å². The summed E-state index contributed by atoms with van der Waals surface area (Å²) in [6.07, 6.45) is 0. The van der Waals surface area contributed by atoms with Gasteiger partial charge in [-0.05, 0) is 16.3 Å². The molecule has 0 aliphatic carbocycles. The number of hydrogen-bond acceptors (Lipinski definition) is 3. The monoisotopic (exact) mass is 280 g/mol. The maximum atomic E-state index is 11.7. The van der Waals surface area contributed by atoms with E-state index in [1.165, 1.54) is 16.3 Å². The molecule has 4 nitrogen and oxygen atoms in total. The van der Waals surface area contributed by atoms with Crippen LogP contribution in [0.15, 0.2) is 42.5 Å². The van der Waals surface area contributed by atoms with Crippen LogP contribution in [-0.4, -0.2) is 29.8 Å². The Morgan fingerprint density at radius 3 is 2.38 bits per heavy atom. The molecule has 4 heteroatoms. The van der Waals surface area contributed by atoms with E-state index in [2.05, 4.69) is 40.5 Å². The number of fused-ring (bicyclic) bond motifs is 2. The van der Waals surface area contributed by atoms with Crippen molar-refractivity contribution in [1.82, 2.24) is 10.2 Å². The molecule has 2 saturated heterocycles. The van der Waals surface area contributed by atoms with Crippen LogP contribution >= 0.6 is 0 Å². The second kappa shape index (κ2) is 4.67. The van der Waals surface area contributed by atoms with Crippen molar-refractivity contribution in [2.45, 2.75) is 6.54 Å². The van der Waals surface area contributed by atoms with Gasteiger partial charge >= 0.3 is 0 Å². The molecular weight excluding hydrogens is 264 g/mol. The number of carbonyl (C=O) groups is 2. The minimum Gasteiger partial charge on any atom is -0.297 e. The molecule has 2 heterocycles. The average Bonchev–Trinajstić information content (AvgIpc) is 3.01. The zero-order chi connectivity index (χ0) is 14.4. The van der Waals surface area contributed by atoms with Crippen LogP contribution in [-0.2, 0) is 16.1 Å². The van der Waals surface area contributed by atoms with Gasteiger partial charge in [0, 0.05) is 19.6 Å². The summed E-state index contributed by atoms with van der Waals surface area (Å²) in [6, 6.07) is 14.6. The van der Waals surface area contributed by atoms with Gasteiger partial charge < -0.3 is 0 Å². The average molecular weight is 280 g/mol. The largest absolute Gasteiger partial charge is 0.297 e. The smallest absolute Gasteiger partial charge is 0.231 e. The molecule has 0 bridgehead atoms. The Bertz CT molecular complexity index is 713. The summed E-state index contributed by atoms with van der Waals surface area (Å²) in [6.45, 7) is 2.13. The number of benzene rings is 2. The van der Waals surface area contributed by atoms with Gasteiger partial charge in [0.05, 0.1) is 11.8 Å². The summed E-state index contributed by atoms with van der Waals surface area (Å²) in [4.78, 5) is 25.7. The van der Waals surface area contributed by atoms with E-state index in [1.807, 2.05) is 12.1 Å². The standard InChI is InChI=1S/C17H16N2O2/c20-16-14-9-19(10-15(14)17(21)18-16)8-12-6-3-5-11-4-1-2-7-13(11)12/h1-7,14-15H,8-10H2,(H,18,20,21)/t14-,15+. The lowest BCUT2D eigenvalue weighted by atomic mass is 10.00. The Labute approximate surface area is 122 Å². The SMILES string of the molecule is O=C1NC(=O)[C@@H]2CN(Cc3cccc4ccccc34)C[C@H]12. The van der Waals surface area contributed by atoms with E-state index in [-0.39, 0.29) is 23.7 Å². The molecule has 2 aromatic carbocycles. The van der Waals surface area contributed by atoms with Crippen molar-refractivity contribution in [2.75, 3.05) is 13.1 Å². The number of nitrogens with one attached hydrogen (secondary N) is 1. The Hall–Kier alpha value is -2.20. The topological polar surface area (TPSA) is 49.4 Å². The molecule has 106 valence electrons. The molecule has 1 N–H and O–H groups in total. The van der Waals surface area contributed by atoms with E-state index >= 15 is 0 Å². The fraction of sp³-hybridized carbons (Fsp3) is 0.294. The zero-order valence-electron chi connectivity index (χ0n) is 11.6. The predicted molar refractivity (Wildman–Crippen MR) is 79.4 cm³/mol. The third-order valence-electron chi connectivity index (χ3n) is 4.59. The summed E-state index contributed by atoms with van der Waals surface area (Å²) in [5, 5.41) is 4.90. The van der Waals surface area contributed by atoms with Crippen LogP contribution in [0.2, 0.25) is 0 Å². The molecular formula is C17H16N2O2.